The van der Waals surface area contributed by atoms with Crippen LogP contribution in [0.25, 0.3) is 0 Å². The molecule has 33 heavy (non-hydrogen) atoms. The Hall–Kier alpha value is -2.68. The molecule has 2 heterocycles. The summed E-state index contributed by atoms with van der Waals surface area (Å²) in [5.74, 6) is 0.740. The predicted octanol–water partition coefficient (Wildman–Crippen LogP) is 4.18. The van der Waals surface area contributed by atoms with Crippen LogP contribution in [0.2, 0.25) is 0 Å². The second kappa shape index (κ2) is 11.0. The van der Waals surface area contributed by atoms with Crippen LogP contribution in [-0.2, 0) is 0 Å². The van der Waals surface area contributed by atoms with Gasteiger partial charge in [0.05, 0.1) is 13.7 Å². The van der Waals surface area contributed by atoms with Gasteiger partial charge in [-0.1, -0.05) is 26.2 Å². The van der Waals surface area contributed by atoms with E-state index in [9.17, 15) is 4.39 Å². The van der Waals surface area contributed by atoms with E-state index in [0.717, 1.165) is 25.9 Å². The summed E-state index contributed by atoms with van der Waals surface area (Å²) in [6, 6.07) is 5.42. The van der Waals surface area contributed by atoms with Crippen molar-refractivity contribution in [2.75, 3.05) is 44.0 Å². The number of ether oxygens (including phenoxy) is 2. The van der Waals surface area contributed by atoms with Gasteiger partial charge in [0, 0.05) is 24.3 Å². The third-order valence-corrected chi connectivity index (χ3v) is 6.78. The van der Waals surface area contributed by atoms with Crippen LogP contribution in [0.5, 0.6) is 11.8 Å². The molecule has 9 heteroatoms. The lowest BCUT2D eigenvalue weighted by molar-refractivity contribution is 0.196. The number of nitrogens with zero attached hydrogens (tertiary/aromatic N) is 5. The number of methoxy groups -OCH3 is 1. The molecule has 0 spiro atoms. The Balaban J connectivity index is 1.61. The smallest absolute Gasteiger partial charge is 0.323 e. The number of likely N-dealkylation sites (tertiary alicyclic amines) is 1. The fourth-order valence-electron chi connectivity index (χ4n) is 4.95. The van der Waals surface area contributed by atoms with E-state index in [1.807, 2.05) is 11.0 Å². The first-order valence-electron chi connectivity index (χ1n) is 12.1. The predicted molar refractivity (Wildman–Crippen MR) is 127 cm³/mol. The van der Waals surface area contributed by atoms with Crippen LogP contribution in [0.3, 0.4) is 0 Å². The number of nitrogen functional groups attached to an aromatic ring is 1. The maximum atomic E-state index is 14.6. The van der Waals surface area contributed by atoms with Crippen molar-refractivity contribution in [3.8, 4) is 11.8 Å². The van der Waals surface area contributed by atoms with Gasteiger partial charge in [-0.2, -0.15) is 15.0 Å². The van der Waals surface area contributed by atoms with Crippen LogP contribution in [0, 0.1) is 11.7 Å². The second-order valence-electron chi connectivity index (χ2n) is 8.95. The largest absolute Gasteiger partial charge is 0.494 e. The highest BCUT2D eigenvalue weighted by Crippen LogP contribution is 2.31. The summed E-state index contributed by atoms with van der Waals surface area (Å²) in [5.41, 5.74) is 6.69. The highest BCUT2D eigenvalue weighted by atomic mass is 19.1. The van der Waals surface area contributed by atoms with Gasteiger partial charge in [0.15, 0.2) is 11.6 Å². The normalized spacial score (nSPS) is 19.5. The van der Waals surface area contributed by atoms with Gasteiger partial charge in [0.25, 0.3) is 0 Å². The lowest BCUT2D eigenvalue weighted by Crippen LogP contribution is -2.39. The van der Waals surface area contributed by atoms with Gasteiger partial charge < -0.3 is 20.1 Å². The first kappa shape index (κ1) is 23.5. The van der Waals surface area contributed by atoms with Gasteiger partial charge in [0.2, 0.25) is 11.9 Å². The van der Waals surface area contributed by atoms with Gasteiger partial charge >= 0.3 is 6.01 Å². The van der Waals surface area contributed by atoms with E-state index in [4.69, 9.17) is 15.2 Å². The van der Waals surface area contributed by atoms with Crippen LogP contribution in [-0.4, -0.2) is 59.2 Å². The number of hydrogen-bond donors (Lipinski definition) is 1. The zero-order chi connectivity index (χ0) is 23.2. The Morgan fingerprint density at radius 2 is 1.94 bits per heavy atom. The number of benzene rings is 1. The highest BCUT2D eigenvalue weighted by molar-refractivity contribution is 5.59. The Kier molecular flexibility index (Phi) is 7.80. The zero-order valence-corrected chi connectivity index (χ0v) is 19.7. The Morgan fingerprint density at radius 1 is 1.12 bits per heavy atom. The van der Waals surface area contributed by atoms with Crippen molar-refractivity contribution in [2.45, 2.75) is 57.9 Å². The van der Waals surface area contributed by atoms with Crippen LogP contribution in [0.15, 0.2) is 18.2 Å². The molecule has 1 saturated heterocycles. The van der Waals surface area contributed by atoms with E-state index in [2.05, 4.69) is 26.8 Å². The molecule has 2 aliphatic rings. The molecule has 180 valence electrons. The molecule has 1 unspecified atom stereocenters. The van der Waals surface area contributed by atoms with E-state index in [1.165, 1.54) is 45.3 Å². The SMILES string of the molecule is CCN1CCCC1CN(c1ccc(OC)c(F)c1)c1nc(N)nc(OCC2CCCCC2)n1. The number of likely N-dealkylation sites (N-methyl/N-ethyl adjacent to an activating group) is 1. The molecule has 8 nitrogen and oxygen atoms in total. The number of halogens is 1. The quantitative estimate of drug-likeness (QED) is 0.599. The highest BCUT2D eigenvalue weighted by Gasteiger charge is 2.28. The first-order chi connectivity index (χ1) is 16.1. The Bertz CT molecular complexity index is 924. The molecular formula is C24H35FN6O2. The van der Waals surface area contributed by atoms with Gasteiger partial charge in [0.1, 0.15) is 0 Å². The zero-order valence-electron chi connectivity index (χ0n) is 19.7. The van der Waals surface area contributed by atoms with Crippen molar-refractivity contribution in [1.29, 1.82) is 0 Å². The molecule has 1 aliphatic carbocycles. The monoisotopic (exact) mass is 458 g/mol. The third-order valence-electron chi connectivity index (χ3n) is 6.78. The minimum Gasteiger partial charge on any atom is -0.494 e. The van der Waals surface area contributed by atoms with E-state index in [-0.39, 0.29) is 17.7 Å². The first-order valence-corrected chi connectivity index (χ1v) is 12.1. The Labute approximate surface area is 195 Å². The van der Waals surface area contributed by atoms with Crippen LogP contribution >= 0.6 is 0 Å². The van der Waals surface area contributed by atoms with Crippen LogP contribution < -0.4 is 20.1 Å². The molecule has 0 bridgehead atoms. The van der Waals surface area contributed by atoms with Crippen molar-refractivity contribution in [3.63, 3.8) is 0 Å². The van der Waals surface area contributed by atoms with Gasteiger partial charge in [-0.25, -0.2) is 4.39 Å². The summed E-state index contributed by atoms with van der Waals surface area (Å²) >= 11 is 0. The summed E-state index contributed by atoms with van der Waals surface area (Å²) in [5, 5.41) is 0. The van der Waals surface area contributed by atoms with Gasteiger partial charge in [-0.05, 0) is 56.8 Å². The van der Waals surface area contributed by atoms with Crippen LogP contribution in [0.4, 0.5) is 22.0 Å². The molecule has 1 aliphatic heterocycles. The van der Waals surface area contributed by atoms with E-state index in [1.54, 1.807) is 6.07 Å². The van der Waals surface area contributed by atoms with Gasteiger partial charge in [-0.15, -0.1) is 0 Å². The molecule has 0 amide bonds. The molecule has 2 N–H and O–H groups in total. The van der Waals surface area contributed by atoms with Crippen molar-refractivity contribution >= 4 is 17.6 Å². The number of nitrogens with two attached hydrogens (primary N) is 1. The molecular weight excluding hydrogens is 423 g/mol. The maximum absolute atomic E-state index is 14.6. The fourth-order valence-corrected chi connectivity index (χ4v) is 4.95. The fraction of sp³-hybridized carbons (Fsp3) is 0.625. The van der Waals surface area contributed by atoms with E-state index in [0.29, 0.717) is 36.7 Å². The molecule has 0 radical (unpaired) electrons. The lowest BCUT2D eigenvalue weighted by Gasteiger charge is -2.30. The summed E-state index contributed by atoms with van der Waals surface area (Å²) in [6.07, 6.45) is 8.31. The van der Waals surface area contributed by atoms with Crippen molar-refractivity contribution in [2.24, 2.45) is 5.92 Å². The molecule has 4 rings (SSSR count). The topological polar surface area (TPSA) is 89.6 Å². The molecule has 2 aromatic rings. The van der Waals surface area contributed by atoms with Gasteiger partial charge in [-0.3, -0.25) is 4.90 Å². The molecule has 1 saturated carbocycles. The minimum absolute atomic E-state index is 0.0939. The van der Waals surface area contributed by atoms with E-state index < -0.39 is 5.82 Å². The van der Waals surface area contributed by atoms with Crippen molar-refractivity contribution in [1.82, 2.24) is 19.9 Å². The average molecular weight is 459 g/mol. The Morgan fingerprint density at radius 3 is 2.67 bits per heavy atom. The molecule has 1 atom stereocenters. The number of aromatic nitrogens is 3. The summed E-state index contributed by atoms with van der Waals surface area (Å²) < 4.78 is 25.7. The number of hydrogen-bond acceptors (Lipinski definition) is 8. The number of anilines is 3. The van der Waals surface area contributed by atoms with E-state index >= 15 is 0 Å². The lowest BCUT2D eigenvalue weighted by atomic mass is 9.90. The third kappa shape index (κ3) is 5.82. The number of rotatable bonds is 9. The molecule has 1 aromatic carbocycles. The maximum Gasteiger partial charge on any atom is 0.323 e. The summed E-state index contributed by atoms with van der Waals surface area (Å²) in [7, 11) is 1.45. The molecule has 1 aromatic heterocycles. The minimum atomic E-state index is -0.436. The van der Waals surface area contributed by atoms with Crippen molar-refractivity contribution in [3.05, 3.63) is 24.0 Å². The van der Waals surface area contributed by atoms with Crippen molar-refractivity contribution < 1.29 is 13.9 Å². The van der Waals surface area contributed by atoms with Crippen LogP contribution in [0.1, 0.15) is 51.9 Å². The molecule has 2 fully saturated rings. The summed E-state index contributed by atoms with van der Waals surface area (Å²) in [6.45, 7) is 5.37. The standard InChI is InChI=1S/C24H35FN6O2/c1-3-30-13-7-10-19(30)15-31(18-11-12-21(32-2)20(25)14-18)23-27-22(26)28-24(29-23)33-16-17-8-5-4-6-9-17/h11-12,14,17,19H,3-10,13,15-16H2,1-2H3,(H2,26,27,28,29). The average Bonchev–Trinajstić information content (AvgIpc) is 3.29. The summed E-state index contributed by atoms with van der Waals surface area (Å²) in [4.78, 5) is 17.5. The second-order valence-corrected chi connectivity index (χ2v) is 8.95.